The maximum Gasteiger partial charge on any atom is 0.0917 e. The van der Waals surface area contributed by atoms with Gasteiger partial charge in [-0.25, -0.2) is 0 Å². The standard InChI is InChI=1S/C14H25NO3/c1-3-18-14(6-9-16-10-7-14)13(15-2)12-5-4-8-17-11-12/h11,13,15H,3-10H2,1-2H3. The molecule has 4 nitrogen and oxygen atoms in total. The molecule has 0 aromatic rings. The molecule has 104 valence electrons. The van der Waals surface area contributed by atoms with Gasteiger partial charge in [-0.1, -0.05) is 0 Å². The fraction of sp³-hybridized carbons (Fsp3) is 0.857. The second-order valence-corrected chi connectivity index (χ2v) is 5.00. The SMILES string of the molecule is CCOC1(C(NC)C2=COCCC2)CCOCC1. The quantitative estimate of drug-likeness (QED) is 0.814. The average Bonchev–Trinajstić information content (AvgIpc) is 2.42. The highest BCUT2D eigenvalue weighted by Gasteiger charge is 2.42. The molecule has 0 amide bonds. The third-order valence-corrected chi connectivity index (χ3v) is 3.92. The van der Waals surface area contributed by atoms with Crippen LogP contribution in [-0.2, 0) is 14.2 Å². The van der Waals surface area contributed by atoms with Crippen molar-refractivity contribution < 1.29 is 14.2 Å². The van der Waals surface area contributed by atoms with Gasteiger partial charge in [0.2, 0.25) is 0 Å². The average molecular weight is 255 g/mol. The summed E-state index contributed by atoms with van der Waals surface area (Å²) >= 11 is 0. The number of hydrogen-bond acceptors (Lipinski definition) is 4. The molecular formula is C14H25NO3. The van der Waals surface area contributed by atoms with Crippen molar-refractivity contribution in [2.24, 2.45) is 0 Å². The first-order chi connectivity index (χ1) is 8.82. The Morgan fingerprint density at radius 1 is 1.39 bits per heavy atom. The Morgan fingerprint density at radius 2 is 2.17 bits per heavy atom. The van der Waals surface area contributed by atoms with Crippen molar-refractivity contribution in [3.8, 4) is 0 Å². The molecule has 0 aliphatic carbocycles. The maximum atomic E-state index is 6.14. The van der Waals surface area contributed by atoms with Crippen LogP contribution < -0.4 is 5.32 Å². The van der Waals surface area contributed by atoms with E-state index in [0.717, 1.165) is 52.1 Å². The zero-order chi connectivity index (χ0) is 12.8. The monoisotopic (exact) mass is 255 g/mol. The molecular weight excluding hydrogens is 230 g/mol. The Balaban J connectivity index is 2.17. The van der Waals surface area contributed by atoms with Gasteiger partial charge >= 0.3 is 0 Å². The van der Waals surface area contributed by atoms with Gasteiger partial charge in [0.05, 0.1) is 24.5 Å². The molecule has 1 saturated heterocycles. The van der Waals surface area contributed by atoms with E-state index in [2.05, 4.69) is 12.2 Å². The molecule has 0 aromatic heterocycles. The van der Waals surface area contributed by atoms with Crippen LogP contribution in [0, 0.1) is 0 Å². The number of ether oxygens (including phenoxy) is 3. The van der Waals surface area contributed by atoms with Crippen molar-refractivity contribution in [2.75, 3.05) is 33.5 Å². The van der Waals surface area contributed by atoms with E-state index in [-0.39, 0.29) is 11.6 Å². The summed E-state index contributed by atoms with van der Waals surface area (Å²) < 4.78 is 17.1. The molecule has 2 heterocycles. The Morgan fingerprint density at radius 3 is 2.72 bits per heavy atom. The summed E-state index contributed by atoms with van der Waals surface area (Å²) in [6.45, 7) is 5.21. The number of nitrogens with one attached hydrogen (secondary N) is 1. The molecule has 0 bridgehead atoms. The van der Waals surface area contributed by atoms with Crippen LogP contribution in [0.5, 0.6) is 0 Å². The molecule has 1 unspecified atom stereocenters. The smallest absolute Gasteiger partial charge is 0.0917 e. The van der Waals surface area contributed by atoms with E-state index in [0.29, 0.717) is 0 Å². The van der Waals surface area contributed by atoms with Crippen LogP contribution in [0.25, 0.3) is 0 Å². The molecule has 0 saturated carbocycles. The molecule has 2 aliphatic rings. The van der Waals surface area contributed by atoms with E-state index in [1.165, 1.54) is 5.57 Å². The zero-order valence-corrected chi connectivity index (χ0v) is 11.5. The molecule has 0 spiro atoms. The predicted octanol–water partition coefficient (Wildman–Crippen LogP) is 1.85. The number of likely N-dealkylation sites (N-methyl/N-ethyl adjacent to an activating group) is 1. The molecule has 4 heteroatoms. The molecule has 0 radical (unpaired) electrons. The second-order valence-electron chi connectivity index (χ2n) is 5.00. The van der Waals surface area contributed by atoms with E-state index >= 15 is 0 Å². The summed E-state index contributed by atoms with van der Waals surface area (Å²) in [5.41, 5.74) is 1.20. The van der Waals surface area contributed by atoms with Gasteiger partial charge in [0.15, 0.2) is 0 Å². The summed E-state index contributed by atoms with van der Waals surface area (Å²) in [5, 5.41) is 3.44. The van der Waals surface area contributed by atoms with Crippen LogP contribution >= 0.6 is 0 Å². The largest absolute Gasteiger partial charge is 0.501 e. The van der Waals surface area contributed by atoms with Crippen LogP contribution in [-0.4, -0.2) is 45.1 Å². The minimum atomic E-state index is -0.131. The van der Waals surface area contributed by atoms with Crippen LogP contribution in [0.4, 0.5) is 0 Å². The van der Waals surface area contributed by atoms with E-state index < -0.39 is 0 Å². The summed E-state index contributed by atoms with van der Waals surface area (Å²) in [6, 6.07) is 0.238. The van der Waals surface area contributed by atoms with Gasteiger partial charge in [0.25, 0.3) is 0 Å². The molecule has 0 aromatic carbocycles. The summed E-state index contributed by atoms with van der Waals surface area (Å²) in [4.78, 5) is 0. The fourth-order valence-corrected chi connectivity index (χ4v) is 3.10. The number of rotatable bonds is 5. The molecule has 1 atom stereocenters. The van der Waals surface area contributed by atoms with Crippen molar-refractivity contribution in [1.29, 1.82) is 0 Å². The highest BCUT2D eigenvalue weighted by Crippen LogP contribution is 2.34. The molecule has 1 fully saturated rings. The van der Waals surface area contributed by atoms with Gasteiger partial charge in [-0.05, 0) is 32.4 Å². The highest BCUT2D eigenvalue weighted by atomic mass is 16.5. The van der Waals surface area contributed by atoms with Crippen molar-refractivity contribution in [3.05, 3.63) is 11.8 Å². The normalized spacial score (nSPS) is 25.1. The van der Waals surface area contributed by atoms with Gasteiger partial charge in [0, 0.05) is 32.7 Å². The van der Waals surface area contributed by atoms with Gasteiger partial charge in [-0.3, -0.25) is 0 Å². The van der Waals surface area contributed by atoms with Crippen molar-refractivity contribution >= 4 is 0 Å². The lowest BCUT2D eigenvalue weighted by molar-refractivity contribution is -0.120. The lowest BCUT2D eigenvalue weighted by Crippen LogP contribution is -2.55. The maximum absolute atomic E-state index is 6.14. The van der Waals surface area contributed by atoms with Crippen molar-refractivity contribution in [2.45, 2.75) is 44.2 Å². The zero-order valence-electron chi connectivity index (χ0n) is 11.5. The van der Waals surface area contributed by atoms with E-state index in [9.17, 15) is 0 Å². The summed E-state index contributed by atoms with van der Waals surface area (Å²) in [6.07, 6.45) is 6.03. The van der Waals surface area contributed by atoms with Crippen LogP contribution in [0.1, 0.15) is 32.6 Å². The van der Waals surface area contributed by atoms with Gasteiger partial charge < -0.3 is 19.5 Å². The van der Waals surface area contributed by atoms with E-state index in [4.69, 9.17) is 14.2 Å². The predicted molar refractivity (Wildman–Crippen MR) is 70.5 cm³/mol. The van der Waals surface area contributed by atoms with Crippen LogP contribution in [0.2, 0.25) is 0 Å². The first kappa shape index (κ1) is 13.8. The second kappa shape index (κ2) is 6.55. The molecule has 2 aliphatic heterocycles. The van der Waals surface area contributed by atoms with Crippen LogP contribution in [0.3, 0.4) is 0 Å². The topological polar surface area (TPSA) is 39.7 Å². The Bertz CT molecular complexity index is 279. The minimum Gasteiger partial charge on any atom is -0.501 e. The Labute approximate surface area is 110 Å². The number of hydrogen-bond donors (Lipinski definition) is 1. The van der Waals surface area contributed by atoms with Gasteiger partial charge in [0.1, 0.15) is 0 Å². The summed E-state index contributed by atoms with van der Waals surface area (Å²) in [5.74, 6) is 0. The molecule has 2 rings (SSSR count). The summed E-state index contributed by atoms with van der Waals surface area (Å²) in [7, 11) is 2.01. The first-order valence-corrected chi connectivity index (χ1v) is 7.02. The first-order valence-electron chi connectivity index (χ1n) is 7.02. The minimum absolute atomic E-state index is 0.131. The Kier molecular flexibility index (Phi) is 5.03. The lowest BCUT2D eigenvalue weighted by atomic mass is 9.80. The van der Waals surface area contributed by atoms with Gasteiger partial charge in [-0.2, -0.15) is 0 Å². The lowest BCUT2D eigenvalue weighted by Gasteiger charge is -2.44. The molecule has 18 heavy (non-hydrogen) atoms. The van der Waals surface area contributed by atoms with Crippen LogP contribution in [0.15, 0.2) is 11.8 Å². The molecule has 1 N–H and O–H groups in total. The van der Waals surface area contributed by atoms with Crippen molar-refractivity contribution in [3.63, 3.8) is 0 Å². The highest BCUT2D eigenvalue weighted by molar-refractivity contribution is 5.17. The van der Waals surface area contributed by atoms with Gasteiger partial charge in [-0.15, -0.1) is 0 Å². The fourth-order valence-electron chi connectivity index (χ4n) is 3.10. The van der Waals surface area contributed by atoms with Crippen molar-refractivity contribution in [1.82, 2.24) is 5.32 Å². The van der Waals surface area contributed by atoms with E-state index in [1.807, 2.05) is 13.3 Å². The Hall–Kier alpha value is -0.580. The third-order valence-electron chi connectivity index (χ3n) is 3.92. The third kappa shape index (κ3) is 2.87. The van der Waals surface area contributed by atoms with E-state index in [1.54, 1.807) is 0 Å².